The number of phenols is 1. The molecule has 0 spiro atoms. The summed E-state index contributed by atoms with van der Waals surface area (Å²) < 4.78 is 39.7. The van der Waals surface area contributed by atoms with Gasteiger partial charge in [-0.1, -0.05) is 0 Å². The highest BCUT2D eigenvalue weighted by molar-refractivity contribution is 5.78. The highest BCUT2D eigenvalue weighted by atomic mass is 19.4. The molecule has 0 atom stereocenters. The molecule has 3 rings (SSSR count). The molecule has 0 aliphatic heterocycles. The summed E-state index contributed by atoms with van der Waals surface area (Å²) in [4.78, 5) is 3.61. The van der Waals surface area contributed by atoms with Crippen molar-refractivity contribution in [1.82, 2.24) is 9.55 Å². The lowest BCUT2D eigenvalue weighted by Crippen LogP contribution is -2.14. The average Bonchev–Trinajstić information content (AvgIpc) is 2.98. The molecule has 1 aliphatic carbocycles. The minimum Gasteiger partial charge on any atom is -0.508 e. The summed E-state index contributed by atoms with van der Waals surface area (Å²) in [6.07, 6.45) is -3.01. The standard InChI is InChI=1S/C11H9F3N2O/c12-11(13,14)10-15-8-4-3-7(17)5-9(8)16(10)6-1-2-6/h3-6,17H,1-2H2. The summed E-state index contributed by atoms with van der Waals surface area (Å²) in [5.74, 6) is -0.923. The monoisotopic (exact) mass is 242 g/mol. The first-order valence-corrected chi connectivity index (χ1v) is 5.25. The normalized spacial score (nSPS) is 16.6. The molecule has 0 saturated heterocycles. The van der Waals surface area contributed by atoms with Gasteiger partial charge in [0.15, 0.2) is 0 Å². The topological polar surface area (TPSA) is 38.1 Å². The number of fused-ring (bicyclic) bond motifs is 1. The summed E-state index contributed by atoms with van der Waals surface area (Å²) in [6, 6.07) is 3.93. The number of rotatable bonds is 1. The van der Waals surface area contributed by atoms with Gasteiger partial charge < -0.3 is 9.67 Å². The van der Waals surface area contributed by atoms with E-state index in [0.29, 0.717) is 5.52 Å². The third-order valence-electron chi connectivity index (χ3n) is 2.84. The molecule has 6 heteroatoms. The molecule has 0 amide bonds. The van der Waals surface area contributed by atoms with Crippen LogP contribution in [0.2, 0.25) is 0 Å². The van der Waals surface area contributed by atoms with E-state index < -0.39 is 12.0 Å². The molecule has 1 saturated carbocycles. The van der Waals surface area contributed by atoms with Crippen LogP contribution in [-0.2, 0) is 6.18 Å². The third kappa shape index (κ3) is 1.64. The molecule has 1 aromatic carbocycles. The molecule has 0 bridgehead atoms. The fourth-order valence-electron chi connectivity index (χ4n) is 1.98. The van der Waals surface area contributed by atoms with Crippen molar-refractivity contribution in [2.24, 2.45) is 0 Å². The van der Waals surface area contributed by atoms with Crippen molar-refractivity contribution in [3.05, 3.63) is 24.0 Å². The number of hydrogen-bond acceptors (Lipinski definition) is 2. The van der Waals surface area contributed by atoms with Gasteiger partial charge in [0.25, 0.3) is 0 Å². The van der Waals surface area contributed by atoms with E-state index in [4.69, 9.17) is 0 Å². The van der Waals surface area contributed by atoms with Crippen LogP contribution < -0.4 is 0 Å². The van der Waals surface area contributed by atoms with Crippen LogP contribution >= 0.6 is 0 Å². The second-order valence-electron chi connectivity index (χ2n) is 4.21. The van der Waals surface area contributed by atoms with Gasteiger partial charge in [0.1, 0.15) is 5.75 Å². The zero-order chi connectivity index (χ0) is 12.2. The Balaban J connectivity index is 2.31. The van der Waals surface area contributed by atoms with Crippen LogP contribution in [0, 0.1) is 0 Å². The smallest absolute Gasteiger partial charge is 0.449 e. The number of alkyl halides is 3. The maximum Gasteiger partial charge on any atom is 0.449 e. The highest BCUT2D eigenvalue weighted by Gasteiger charge is 2.41. The molecule has 17 heavy (non-hydrogen) atoms. The highest BCUT2D eigenvalue weighted by Crippen LogP contribution is 2.43. The zero-order valence-corrected chi connectivity index (χ0v) is 8.70. The lowest BCUT2D eigenvalue weighted by atomic mass is 10.3. The van der Waals surface area contributed by atoms with E-state index in [1.54, 1.807) is 0 Å². The molecule has 3 nitrogen and oxygen atoms in total. The number of halogens is 3. The van der Waals surface area contributed by atoms with E-state index in [9.17, 15) is 18.3 Å². The van der Waals surface area contributed by atoms with Gasteiger partial charge in [0, 0.05) is 12.1 Å². The third-order valence-corrected chi connectivity index (χ3v) is 2.84. The van der Waals surface area contributed by atoms with Gasteiger partial charge in [0.05, 0.1) is 11.0 Å². The van der Waals surface area contributed by atoms with Crippen molar-refractivity contribution >= 4 is 11.0 Å². The van der Waals surface area contributed by atoms with E-state index in [2.05, 4.69) is 4.98 Å². The van der Waals surface area contributed by atoms with Gasteiger partial charge in [-0.25, -0.2) is 4.98 Å². The van der Waals surface area contributed by atoms with Crippen LogP contribution in [0.3, 0.4) is 0 Å². The fourth-order valence-corrected chi connectivity index (χ4v) is 1.98. The summed E-state index contributed by atoms with van der Waals surface area (Å²) in [7, 11) is 0. The Morgan fingerprint density at radius 2 is 2.00 bits per heavy atom. The number of benzene rings is 1. The molecular formula is C11H9F3N2O. The minimum absolute atomic E-state index is 0.0481. The maximum absolute atomic E-state index is 12.8. The molecule has 1 heterocycles. The van der Waals surface area contributed by atoms with Crippen molar-refractivity contribution < 1.29 is 18.3 Å². The number of imidazole rings is 1. The van der Waals surface area contributed by atoms with Crippen molar-refractivity contribution in [1.29, 1.82) is 0 Å². The van der Waals surface area contributed by atoms with E-state index in [-0.39, 0.29) is 17.3 Å². The van der Waals surface area contributed by atoms with Gasteiger partial charge in [-0.2, -0.15) is 13.2 Å². The maximum atomic E-state index is 12.8. The van der Waals surface area contributed by atoms with Gasteiger partial charge in [-0.3, -0.25) is 0 Å². The Labute approximate surface area is 94.5 Å². The first-order chi connectivity index (χ1) is 7.97. The summed E-state index contributed by atoms with van der Waals surface area (Å²) in [5.41, 5.74) is 0.613. The molecule has 1 aromatic heterocycles. The molecule has 90 valence electrons. The van der Waals surface area contributed by atoms with E-state index >= 15 is 0 Å². The fraction of sp³-hybridized carbons (Fsp3) is 0.364. The summed E-state index contributed by atoms with van der Waals surface area (Å²) in [6.45, 7) is 0. The molecule has 0 radical (unpaired) electrons. The molecule has 2 aromatic rings. The van der Waals surface area contributed by atoms with Gasteiger partial charge >= 0.3 is 6.18 Å². The largest absolute Gasteiger partial charge is 0.508 e. The van der Waals surface area contributed by atoms with Crippen molar-refractivity contribution in [3.63, 3.8) is 0 Å². The van der Waals surface area contributed by atoms with Crippen LogP contribution in [0.25, 0.3) is 11.0 Å². The predicted molar refractivity (Wildman–Crippen MR) is 54.7 cm³/mol. The first-order valence-electron chi connectivity index (χ1n) is 5.25. The predicted octanol–water partition coefficient (Wildman–Crippen LogP) is 3.10. The molecule has 1 aliphatic rings. The number of phenolic OH excluding ortho intramolecular Hbond substituents is 1. The van der Waals surface area contributed by atoms with Gasteiger partial charge in [0.2, 0.25) is 5.82 Å². The molecule has 0 unspecified atom stereocenters. The van der Waals surface area contributed by atoms with Crippen molar-refractivity contribution in [2.75, 3.05) is 0 Å². The number of aromatic hydroxyl groups is 1. The van der Waals surface area contributed by atoms with E-state index in [1.807, 2.05) is 0 Å². The van der Waals surface area contributed by atoms with Crippen LogP contribution in [0.4, 0.5) is 13.2 Å². The second kappa shape index (κ2) is 3.15. The van der Waals surface area contributed by atoms with Crippen molar-refractivity contribution in [3.8, 4) is 5.75 Å². The van der Waals surface area contributed by atoms with Crippen LogP contribution in [0.15, 0.2) is 18.2 Å². The lowest BCUT2D eigenvalue weighted by Gasteiger charge is -2.09. The van der Waals surface area contributed by atoms with Crippen LogP contribution in [-0.4, -0.2) is 14.7 Å². The quantitative estimate of drug-likeness (QED) is 0.834. The number of nitrogens with zero attached hydrogens (tertiary/aromatic N) is 2. The first kappa shape index (κ1) is 10.4. The van der Waals surface area contributed by atoms with Gasteiger partial charge in [-0.15, -0.1) is 0 Å². The molecular weight excluding hydrogens is 233 g/mol. The number of hydrogen-bond donors (Lipinski definition) is 1. The van der Waals surface area contributed by atoms with Crippen LogP contribution in [0.5, 0.6) is 5.75 Å². The summed E-state index contributed by atoms with van der Waals surface area (Å²) in [5, 5.41) is 9.35. The van der Waals surface area contributed by atoms with Gasteiger partial charge in [-0.05, 0) is 25.0 Å². The Morgan fingerprint density at radius 1 is 1.29 bits per heavy atom. The number of aromatic nitrogens is 2. The Kier molecular flexibility index (Phi) is 1.93. The Bertz CT molecular complexity index is 584. The lowest BCUT2D eigenvalue weighted by molar-refractivity contribution is -0.147. The molecule has 1 fully saturated rings. The average molecular weight is 242 g/mol. The second-order valence-corrected chi connectivity index (χ2v) is 4.21. The van der Waals surface area contributed by atoms with E-state index in [0.717, 1.165) is 12.8 Å². The molecule has 1 N–H and O–H groups in total. The SMILES string of the molecule is Oc1ccc2nc(C(F)(F)F)n(C3CC3)c2c1. The van der Waals surface area contributed by atoms with E-state index in [1.165, 1.54) is 22.8 Å². The van der Waals surface area contributed by atoms with Crippen LogP contribution in [0.1, 0.15) is 24.7 Å². The minimum atomic E-state index is -4.46. The Hall–Kier alpha value is -1.72. The zero-order valence-electron chi connectivity index (χ0n) is 8.70. The summed E-state index contributed by atoms with van der Waals surface area (Å²) >= 11 is 0. The van der Waals surface area contributed by atoms with Crippen molar-refractivity contribution in [2.45, 2.75) is 25.1 Å². The Morgan fingerprint density at radius 3 is 2.59 bits per heavy atom.